The van der Waals surface area contributed by atoms with Crippen molar-refractivity contribution in [2.75, 3.05) is 5.32 Å². The third-order valence-corrected chi connectivity index (χ3v) is 4.71. The normalized spacial score (nSPS) is 11.1. The molecule has 0 aliphatic rings. The quantitative estimate of drug-likeness (QED) is 0.444. The molecule has 4 nitrogen and oxygen atoms in total. The molecule has 0 aliphatic heterocycles. The van der Waals surface area contributed by atoms with Crippen LogP contribution in [0.4, 0.5) is 5.69 Å². The largest absolute Gasteiger partial charge is 0.321 e. The average Bonchev–Trinajstić information content (AvgIpc) is 3.10. The number of halogens is 1. The second-order valence-electron chi connectivity index (χ2n) is 6.04. The van der Waals surface area contributed by atoms with Gasteiger partial charge in [0, 0.05) is 21.1 Å². The van der Waals surface area contributed by atoms with Gasteiger partial charge >= 0.3 is 0 Å². The number of hydrogen-bond donors (Lipinski definition) is 2. The van der Waals surface area contributed by atoms with E-state index < -0.39 is 0 Å². The highest BCUT2D eigenvalue weighted by atomic mass is 79.9. The van der Waals surface area contributed by atoms with Gasteiger partial charge in [0.2, 0.25) is 0 Å². The molecule has 4 rings (SSSR count). The van der Waals surface area contributed by atoms with E-state index in [1.165, 1.54) is 0 Å². The van der Waals surface area contributed by atoms with Gasteiger partial charge in [0.15, 0.2) is 0 Å². The summed E-state index contributed by atoms with van der Waals surface area (Å²) in [6.45, 7) is 0. The molecule has 0 radical (unpaired) electrons. The van der Waals surface area contributed by atoms with Crippen molar-refractivity contribution in [3.8, 4) is 0 Å². The molecule has 3 aromatic carbocycles. The van der Waals surface area contributed by atoms with Gasteiger partial charge in [-0.25, -0.2) is 0 Å². The minimum atomic E-state index is -0.132. The van der Waals surface area contributed by atoms with E-state index in [1.807, 2.05) is 72.8 Å². The number of benzene rings is 3. The molecule has 0 fully saturated rings. The summed E-state index contributed by atoms with van der Waals surface area (Å²) in [7, 11) is 0. The number of aromatic nitrogens is 2. The Balaban J connectivity index is 1.62. The summed E-state index contributed by atoms with van der Waals surface area (Å²) in [6.07, 6.45) is 3.93. The fourth-order valence-corrected chi connectivity index (χ4v) is 3.20. The second kappa shape index (κ2) is 7.60. The first-order valence-corrected chi connectivity index (χ1v) is 9.27. The lowest BCUT2D eigenvalue weighted by atomic mass is 10.1. The molecule has 1 heterocycles. The molecule has 1 amide bonds. The standard InChI is InChI=1S/C22H16BrN3O/c23-17-11-13-21-18(14-17)20(25-26-21)12-10-15-6-4-5-9-19(15)24-22(27)16-7-2-1-3-8-16/h1-14H,(H,24,27)(H,25,26)/b12-10+. The lowest BCUT2D eigenvalue weighted by Crippen LogP contribution is -2.12. The molecule has 0 spiro atoms. The summed E-state index contributed by atoms with van der Waals surface area (Å²) >= 11 is 3.49. The molecule has 2 N–H and O–H groups in total. The van der Waals surface area contributed by atoms with Crippen LogP contribution >= 0.6 is 15.9 Å². The van der Waals surface area contributed by atoms with Gasteiger partial charge < -0.3 is 5.32 Å². The molecule has 27 heavy (non-hydrogen) atoms. The number of para-hydroxylation sites is 1. The minimum Gasteiger partial charge on any atom is -0.321 e. The fraction of sp³-hybridized carbons (Fsp3) is 0. The molecular formula is C22H16BrN3O. The highest BCUT2D eigenvalue weighted by molar-refractivity contribution is 9.10. The Morgan fingerprint density at radius 3 is 2.59 bits per heavy atom. The molecular weight excluding hydrogens is 402 g/mol. The Bertz CT molecular complexity index is 1130. The topological polar surface area (TPSA) is 57.8 Å². The van der Waals surface area contributed by atoms with Gasteiger partial charge in [0.25, 0.3) is 5.91 Å². The van der Waals surface area contributed by atoms with Crippen LogP contribution in [0.2, 0.25) is 0 Å². The summed E-state index contributed by atoms with van der Waals surface area (Å²) < 4.78 is 1.00. The molecule has 4 aromatic rings. The van der Waals surface area contributed by atoms with Crippen molar-refractivity contribution in [1.29, 1.82) is 0 Å². The third-order valence-electron chi connectivity index (χ3n) is 4.22. The molecule has 0 saturated heterocycles. The number of fused-ring (bicyclic) bond motifs is 1. The number of nitrogens with one attached hydrogen (secondary N) is 2. The van der Waals surface area contributed by atoms with E-state index in [9.17, 15) is 4.79 Å². The number of carbonyl (C=O) groups excluding carboxylic acids is 1. The average molecular weight is 418 g/mol. The number of nitrogens with zero attached hydrogens (tertiary/aromatic N) is 1. The maximum Gasteiger partial charge on any atom is 0.255 e. The number of rotatable bonds is 4. The Morgan fingerprint density at radius 2 is 1.74 bits per heavy atom. The van der Waals surface area contributed by atoms with Crippen LogP contribution in [0.5, 0.6) is 0 Å². The zero-order valence-corrected chi connectivity index (χ0v) is 15.9. The van der Waals surface area contributed by atoms with Crippen LogP contribution in [-0.4, -0.2) is 16.1 Å². The molecule has 5 heteroatoms. The predicted octanol–water partition coefficient (Wildman–Crippen LogP) is 5.75. The zero-order valence-electron chi connectivity index (χ0n) is 14.3. The summed E-state index contributed by atoms with van der Waals surface area (Å²) in [5.41, 5.74) is 4.12. The van der Waals surface area contributed by atoms with Crippen molar-refractivity contribution < 1.29 is 4.79 Å². The third kappa shape index (κ3) is 3.83. The number of H-pyrrole nitrogens is 1. The SMILES string of the molecule is O=C(Nc1ccccc1/C=C/c1[nH]nc2ccc(Br)cc12)c1ccccc1. The van der Waals surface area contributed by atoms with Crippen LogP contribution in [-0.2, 0) is 0 Å². The van der Waals surface area contributed by atoms with Crippen LogP contribution in [0.15, 0.2) is 77.3 Å². The molecule has 1 aromatic heterocycles. The van der Waals surface area contributed by atoms with Crippen LogP contribution in [0.25, 0.3) is 23.1 Å². The number of carbonyl (C=O) groups is 1. The molecule has 0 bridgehead atoms. The van der Waals surface area contributed by atoms with Gasteiger partial charge in [-0.1, -0.05) is 58.4 Å². The van der Waals surface area contributed by atoms with E-state index in [-0.39, 0.29) is 5.91 Å². The highest BCUT2D eigenvalue weighted by Gasteiger charge is 2.08. The lowest BCUT2D eigenvalue weighted by Gasteiger charge is -2.08. The second-order valence-corrected chi connectivity index (χ2v) is 6.96. The van der Waals surface area contributed by atoms with Gasteiger partial charge in [0.1, 0.15) is 0 Å². The van der Waals surface area contributed by atoms with Gasteiger partial charge in [-0.3, -0.25) is 9.89 Å². The van der Waals surface area contributed by atoms with E-state index in [0.29, 0.717) is 5.56 Å². The maximum atomic E-state index is 12.5. The number of hydrogen-bond acceptors (Lipinski definition) is 2. The van der Waals surface area contributed by atoms with Gasteiger partial charge in [-0.2, -0.15) is 5.10 Å². The molecule has 0 saturated carbocycles. The smallest absolute Gasteiger partial charge is 0.255 e. The first-order valence-electron chi connectivity index (χ1n) is 8.48. The fourth-order valence-electron chi connectivity index (χ4n) is 2.84. The number of amides is 1. The monoisotopic (exact) mass is 417 g/mol. The number of aromatic amines is 1. The van der Waals surface area contributed by atoms with E-state index in [2.05, 4.69) is 31.4 Å². The Kier molecular flexibility index (Phi) is 4.85. The van der Waals surface area contributed by atoms with E-state index in [4.69, 9.17) is 0 Å². The molecule has 0 atom stereocenters. The Morgan fingerprint density at radius 1 is 0.963 bits per heavy atom. The van der Waals surface area contributed by atoms with Crippen molar-refractivity contribution in [2.45, 2.75) is 0 Å². The first-order chi connectivity index (χ1) is 13.2. The van der Waals surface area contributed by atoms with Crippen molar-refractivity contribution in [2.24, 2.45) is 0 Å². The zero-order chi connectivity index (χ0) is 18.6. The molecule has 0 unspecified atom stereocenters. The van der Waals surface area contributed by atoms with Gasteiger partial charge in [-0.05, 0) is 48.0 Å². The molecule has 132 valence electrons. The summed E-state index contributed by atoms with van der Waals surface area (Å²) in [5.74, 6) is -0.132. The lowest BCUT2D eigenvalue weighted by molar-refractivity contribution is 0.102. The van der Waals surface area contributed by atoms with Crippen LogP contribution < -0.4 is 5.32 Å². The van der Waals surface area contributed by atoms with E-state index >= 15 is 0 Å². The number of anilines is 1. The van der Waals surface area contributed by atoms with Crippen molar-refractivity contribution >= 4 is 50.6 Å². The van der Waals surface area contributed by atoms with E-state index in [1.54, 1.807) is 12.1 Å². The summed E-state index contributed by atoms with van der Waals surface area (Å²) in [4.78, 5) is 12.5. The van der Waals surface area contributed by atoms with Crippen LogP contribution in [0.1, 0.15) is 21.6 Å². The maximum absolute atomic E-state index is 12.5. The van der Waals surface area contributed by atoms with Crippen molar-refractivity contribution in [3.05, 3.63) is 94.1 Å². The summed E-state index contributed by atoms with van der Waals surface area (Å²) in [6, 6.07) is 22.8. The van der Waals surface area contributed by atoms with Crippen molar-refractivity contribution in [1.82, 2.24) is 10.2 Å². The Labute approximate surface area is 165 Å². The van der Waals surface area contributed by atoms with Crippen LogP contribution in [0, 0.1) is 0 Å². The van der Waals surface area contributed by atoms with Crippen molar-refractivity contribution in [3.63, 3.8) is 0 Å². The van der Waals surface area contributed by atoms with Gasteiger partial charge in [0.05, 0.1) is 11.2 Å². The molecule has 0 aliphatic carbocycles. The first kappa shape index (κ1) is 17.2. The minimum absolute atomic E-state index is 0.132. The highest BCUT2D eigenvalue weighted by Crippen LogP contribution is 2.24. The summed E-state index contributed by atoms with van der Waals surface area (Å²) in [5, 5.41) is 11.4. The van der Waals surface area contributed by atoms with Crippen LogP contribution in [0.3, 0.4) is 0 Å². The predicted molar refractivity (Wildman–Crippen MR) is 114 cm³/mol. The van der Waals surface area contributed by atoms with E-state index in [0.717, 1.165) is 32.3 Å². The Hall–Kier alpha value is -3.18. The van der Waals surface area contributed by atoms with Gasteiger partial charge in [-0.15, -0.1) is 0 Å².